The van der Waals surface area contributed by atoms with Crippen molar-refractivity contribution in [3.05, 3.63) is 52.0 Å². The predicted octanol–water partition coefficient (Wildman–Crippen LogP) is 3.85. The van der Waals surface area contributed by atoms with Crippen LogP contribution in [0.15, 0.2) is 35.2 Å². The summed E-state index contributed by atoms with van der Waals surface area (Å²) in [6.45, 7) is 4.39. The monoisotopic (exact) mass is 390 g/mol. The second-order valence-corrected chi connectivity index (χ2v) is 8.99. The summed E-state index contributed by atoms with van der Waals surface area (Å²) in [5.41, 5.74) is 3.93. The zero-order valence-corrected chi connectivity index (χ0v) is 16.1. The molecule has 5 nitrogen and oxygen atoms in total. The minimum atomic E-state index is -3.77. The first-order chi connectivity index (χ1) is 12.3. The molecule has 0 aliphatic carbocycles. The Morgan fingerprint density at radius 2 is 2.00 bits per heavy atom. The fourth-order valence-electron chi connectivity index (χ4n) is 3.69. The van der Waals surface area contributed by atoms with Crippen molar-refractivity contribution in [1.82, 2.24) is 0 Å². The number of benzene rings is 2. The van der Waals surface area contributed by atoms with Crippen LogP contribution in [0.2, 0.25) is 5.02 Å². The summed E-state index contributed by atoms with van der Waals surface area (Å²) in [6, 6.07) is 8.37. The van der Waals surface area contributed by atoms with Crippen molar-refractivity contribution in [2.45, 2.75) is 37.5 Å². The maximum absolute atomic E-state index is 12.9. The third-order valence-corrected chi connectivity index (χ3v) is 6.89. The van der Waals surface area contributed by atoms with Gasteiger partial charge in [-0.1, -0.05) is 17.7 Å². The van der Waals surface area contributed by atoms with Gasteiger partial charge in [0.2, 0.25) is 5.91 Å². The van der Waals surface area contributed by atoms with Crippen LogP contribution in [-0.4, -0.2) is 20.9 Å². The summed E-state index contributed by atoms with van der Waals surface area (Å²) in [5, 5.41) is 0.504. The van der Waals surface area contributed by atoms with Gasteiger partial charge in [0.25, 0.3) is 10.0 Å². The molecule has 136 valence electrons. The lowest BCUT2D eigenvalue weighted by molar-refractivity contribution is -0.119. The van der Waals surface area contributed by atoms with Gasteiger partial charge in [-0.15, -0.1) is 0 Å². The summed E-state index contributed by atoms with van der Waals surface area (Å²) in [6.07, 6.45) is 1.62. The highest BCUT2D eigenvalue weighted by Crippen LogP contribution is 2.44. The summed E-state index contributed by atoms with van der Waals surface area (Å²) in [4.78, 5) is 14.4. The molecule has 7 heteroatoms. The van der Waals surface area contributed by atoms with Gasteiger partial charge in [-0.3, -0.25) is 9.52 Å². The second kappa shape index (κ2) is 5.99. The number of hydrogen-bond acceptors (Lipinski definition) is 3. The minimum absolute atomic E-state index is 0.0498. The van der Waals surface area contributed by atoms with E-state index in [2.05, 4.69) is 4.72 Å². The number of carbonyl (C=O) groups is 1. The summed E-state index contributed by atoms with van der Waals surface area (Å²) < 4.78 is 28.4. The molecule has 0 saturated heterocycles. The van der Waals surface area contributed by atoms with Crippen molar-refractivity contribution in [3.8, 4) is 0 Å². The lowest BCUT2D eigenvalue weighted by atomic mass is 9.97. The van der Waals surface area contributed by atoms with Crippen molar-refractivity contribution < 1.29 is 13.2 Å². The fourth-order valence-corrected chi connectivity index (χ4v) is 5.01. The van der Waals surface area contributed by atoms with Crippen molar-refractivity contribution in [1.29, 1.82) is 0 Å². The summed E-state index contributed by atoms with van der Waals surface area (Å²) >= 11 is 6.09. The zero-order valence-electron chi connectivity index (χ0n) is 14.5. The summed E-state index contributed by atoms with van der Waals surface area (Å²) in [7, 11) is -3.77. The lowest BCUT2D eigenvalue weighted by Crippen LogP contribution is -2.32. The quantitative estimate of drug-likeness (QED) is 0.865. The highest BCUT2D eigenvalue weighted by molar-refractivity contribution is 7.92. The van der Waals surface area contributed by atoms with Crippen molar-refractivity contribution in [2.24, 2.45) is 0 Å². The number of sulfonamides is 1. The SMILES string of the molecule is Cc1ccc(NS(=O)(=O)c2cc3c4c(c2)C(C)C(=O)N4CCC3)cc1Cl. The van der Waals surface area contributed by atoms with Crippen LogP contribution in [-0.2, 0) is 21.2 Å². The molecule has 2 aliphatic rings. The Labute approximate surface area is 158 Å². The normalized spacial score (nSPS) is 18.8. The smallest absolute Gasteiger partial charge is 0.261 e. The molecule has 26 heavy (non-hydrogen) atoms. The van der Waals surface area contributed by atoms with Gasteiger partial charge in [-0.25, -0.2) is 8.42 Å². The Morgan fingerprint density at radius 1 is 1.23 bits per heavy atom. The van der Waals surface area contributed by atoms with Crippen LogP contribution in [0.5, 0.6) is 0 Å². The van der Waals surface area contributed by atoms with Crippen LogP contribution >= 0.6 is 11.6 Å². The topological polar surface area (TPSA) is 66.5 Å². The van der Waals surface area contributed by atoms with E-state index in [1.54, 1.807) is 35.2 Å². The molecular formula is C19H19ClN2O3S. The van der Waals surface area contributed by atoms with Crippen LogP contribution in [0.3, 0.4) is 0 Å². The highest BCUT2D eigenvalue weighted by Gasteiger charge is 2.38. The highest BCUT2D eigenvalue weighted by atomic mass is 35.5. The third-order valence-electron chi connectivity index (χ3n) is 5.13. The van der Waals surface area contributed by atoms with Gasteiger partial charge in [0.05, 0.1) is 22.2 Å². The standard InChI is InChI=1S/C19H19ClN2O3S/c1-11-5-6-14(9-17(11)20)21-26(24,25)15-8-13-4-3-7-22-18(13)16(10-15)12(2)19(22)23/h5-6,8-10,12,21H,3-4,7H2,1-2H3. The van der Waals surface area contributed by atoms with Crippen LogP contribution < -0.4 is 9.62 Å². The van der Waals surface area contributed by atoms with Crippen LogP contribution in [0.25, 0.3) is 0 Å². The Kier molecular flexibility index (Phi) is 4.00. The average molecular weight is 391 g/mol. The largest absolute Gasteiger partial charge is 0.311 e. The predicted molar refractivity (Wildman–Crippen MR) is 103 cm³/mol. The Hall–Kier alpha value is -2.05. The Bertz CT molecular complexity index is 1030. The van der Waals surface area contributed by atoms with E-state index in [4.69, 9.17) is 11.6 Å². The van der Waals surface area contributed by atoms with Gasteiger partial charge in [0, 0.05) is 11.6 Å². The summed E-state index contributed by atoms with van der Waals surface area (Å²) in [5.74, 6) is -0.264. The Balaban J connectivity index is 1.76. The van der Waals surface area contributed by atoms with E-state index >= 15 is 0 Å². The molecule has 2 aromatic rings. The molecular weight excluding hydrogens is 372 g/mol. The van der Waals surface area contributed by atoms with E-state index in [0.717, 1.165) is 35.2 Å². The number of amides is 1. The average Bonchev–Trinajstić information content (AvgIpc) is 2.85. The number of nitrogens with one attached hydrogen (secondary N) is 1. The first-order valence-corrected chi connectivity index (χ1v) is 10.4. The molecule has 2 heterocycles. The van der Waals surface area contributed by atoms with Crippen molar-refractivity contribution >= 4 is 38.9 Å². The number of halogens is 1. The van der Waals surface area contributed by atoms with Gasteiger partial charge in [-0.2, -0.15) is 0 Å². The van der Waals surface area contributed by atoms with Gasteiger partial charge in [0.1, 0.15) is 0 Å². The first-order valence-electron chi connectivity index (χ1n) is 8.55. The molecule has 0 saturated carbocycles. The number of nitrogens with zero attached hydrogens (tertiary/aromatic N) is 1. The maximum atomic E-state index is 12.9. The van der Waals surface area contributed by atoms with E-state index in [1.165, 1.54) is 0 Å². The molecule has 1 unspecified atom stereocenters. The number of aryl methyl sites for hydroxylation is 2. The lowest BCUT2D eigenvalue weighted by Gasteiger charge is -2.26. The molecule has 0 radical (unpaired) electrons. The first kappa shape index (κ1) is 17.4. The number of rotatable bonds is 3. The third kappa shape index (κ3) is 2.68. The van der Waals surface area contributed by atoms with Crippen molar-refractivity contribution in [3.63, 3.8) is 0 Å². The van der Waals surface area contributed by atoms with Crippen LogP contribution in [0.4, 0.5) is 11.4 Å². The molecule has 2 aromatic carbocycles. The number of hydrogen-bond donors (Lipinski definition) is 1. The van der Waals surface area contributed by atoms with Crippen molar-refractivity contribution in [2.75, 3.05) is 16.2 Å². The van der Waals surface area contributed by atoms with E-state index in [1.807, 2.05) is 13.8 Å². The van der Waals surface area contributed by atoms with E-state index in [-0.39, 0.29) is 16.7 Å². The van der Waals surface area contributed by atoms with Gasteiger partial charge < -0.3 is 4.90 Å². The molecule has 1 atom stereocenters. The van der Waals surface area contributed by atoms with E-state index in [0.29, 0.717) is 17.3 Å². The molecule has 1 amide bonds. The fraction of sp³-hybridized carbons (Fsp3) is 0.316. The van der Waals surface area contributed by atoms with Crippen LogP contribution in [0.1, 0.15) is 36.0 Å². The number of carbonyl (C=O) groups excluding carboxylic acids is 1. The molecule has 1 N–H and O–H groups in total. The van der Waals surface area contributed by atoms with Crippen LogP contribution in [0, 0.1) is 6.92 Å². The van der Waals surface area contributed by atoms with Gasteiger partial charge in [-0.05, 0) is 67.6 Å². The zero-order chi connectivity index (χ0) is 18.6. The molecule has 4 rings (SSSR count). The minimum Gasteiger partial charge on any atom is -0.311 e. The molecule has 2 aliphatic heterocycles. The number of anilines is 2. The second-order valence-electron chi connectivity index (χ2n) is 6.90. The maximum Gasteiger partial charge on any atom is 0.261 e. The Morgan fingerprint density at radius 3 is 2.73 bits per heavy atom. The molecule has 0 aromatic heterocycles. The molecule has 0 fully saturated rings. The van der Waals surface area contributed by atoms with E-state index < -0.39 is 10.0 Å². The van der Waals surface area contributed by atoms with Gasteiger partial charge in [0.15, 0.2) is 0 Å². The van der Waals surface area contributed by atoms with E-state index in [9.17, 15) is 13.2 Å². The van der Waals surface area contributed by atoms with Gasteiger partial charge >= 0.3 is 0 Å². The molecule has 0 spiro atoms. The molecule has 0 bridgehead atoms.